The van der Waals surface area contributed by atoms with Gasteiger partial charge in [0.15, 0.2) is 5.60 Å². The first-order chi connectivity index (χ1) is 13.9. The van der Waals surface area contributed by atoms with Crippen LogP contribution < -0.4 is 5.56 Å². The molecule has 2 aromatic heterocycles. The fraction of sp³-hybridized carbons (Fsp3) is 0.250. The average molecular weight is 410 g/mol. The molecule has 0 radical (unpaired) electrons. The molecule has 8 nitrogen and oxygen atoms in total. The van der Waals surface area contributed by atoms with Crippen molar-refractivity contribution in [3.8, 4) is 17.1 Å². The van der Waals surface area contributed by atoms with Crippen molar-refractivity contribution in [1.29, 1.82) is 0 Å². The number of aromatic hydroxyl groups is 1. The second kappa shape index (κ2) is 6.71. The van der Waals surface area contributed by atoms with Gasteiger partial charge >= 0.3 is 5.97 Å². The number of benzene rings is 1. The molecule has 0 amide bonds. The summed E-state index contributed by atoms with van der Waals surface area (Å²) in [5.41, 5.74) is 1.25. The Morgan fingerprint density at radius 2 is 2.00 bits per heavy atom. The molecule has 148 valence electrons. The van der Waals surface area contributed by atoms with Crippen molar-refractivity contribution in [3.05, 3.63) is 57.4 Å². The third-order valence-electron chi connectivity index (χ3n) is 5.49. The molecule has 1 unspecified atom stereocenters. The summed E-state index contributed by atoms with van der Waals surface area (Å²) in [6.45, 7) is 1.87. The molecule has 1 atom stereocenters. The van der Waals surface area contributed by atoms with Crippen LogP contribution in [0, 0.1) is 0 Å². The Kier molecular flexibility index (Phi) is 4.43. The van der Waals surface area contributed by atoms with E-state index in [1.165, 1.54) is 0 Å². The first-order valence-corrected chi connectivity index (χ1v) is 9.59. The van der Waals surface area contributed by atoms with E-state index in [0.29, 0.717) is 44.7 Å². The largest absolute Gasteiger partial charge is 0.508 e. The third-order valence-corrected chi connectivity index (χ3v) is 5.49. The van der Waals surface area contributed by atoms with Gasteiger partial charge in [-0.3, -0.25) is 4.79 Å². The van der Waals surface area contributed by atoms with Crippen molar-refractivity contribution in [2.75, 3.05) is 0 Å². The second-order valence-corrected chi connectivity index (χ2v) is 6.98. The van der Waals surface area contributed by atoms with E-state index in [1.807, 2.05) is 6.07 Å². The average Bonchev–Trinajstić information content (AvgIpc) is 3.09. The fourth-order valence-electron chi connectivity index (χ4n) is 3.97. The van der Waals surface area contributed by atoms with Crippen LogP contribution in [0.25, 0.3) is 22.3 Å². The number of aromatic nitrogens is 2. The quantitative estimate of drug-likeness (QED) is 0.351. The monoisotopic (exact) mass is 410 g/mol. The zero-order valence-electron chi connectivity index (χ0n) is 15.6. The Hall–Kier alpha value is -3.17. The van der Waals surface area contributed by atoms with Crippen LogP contribution in [0.3, 0.4) is 0 Å². The van der Waals surface area contributed by atoms with Gasteiger partial charge in [0.05, 0.1) is 29.0 Å². The molecule has 0 aliphatic carbocycles. The number of fused-ring (bicyclic) bond motifs is 5. The number of aliphatic hydroxyl groups is 1. The first kappa shape index (κ1) is 19.2. The van der Waals surface area contributed by atoms with Crippen LogP contribution in [0.4, 0.5) is 0 Å². The highest BCUT2D eigenvalue weighted by Crippen LogP contribution is 2.38. The maximum Gasteiger partial charge on any atom is 0.343 e. The smallest absolute Gasteiger partial charge is 0.343 e. The van der Waals surface area contributed by atoms with Gasteiger partial charge in [0.1, 0.15) is 12.4 Å². The number of phenolic OH excluding ortho intramolecular Hbond substituents is 1. The lowest BCUT2D eigenvalue weighted by molar-refractivity contribution is -0.172. The Labute approximate surface area is 167 Å². The fourth-order valence-corrected chi connectivity index (χ4v) is 3.97. The van der Waals surface area contributed by atoms with Gasteiger partial charge in [-0.25, -0.2) is 9.78 Å². The van der Waals surface area contributed by atoms with Gasteiger partial charge in [0.25, 0.3) is 5.56 Å². The predicted molar refractivity (Wildman–Crippen MR) is 105 cm³/mol. The highest BCUT2D eigenvalue weighted by atomic mass is 28.1. The molecule has 0 saturated heterocycles. The van der Waals surface area contributed by atoms with Crippen LogP contribution >= 0.6 is 0 Å². The molecule has 0 spiro atoms. The molecule has 1 aromatic carbocycles. The maximum absolute atomic E-state index is 13.0. The number of cyclic esters (lactones) is 1. The summed E-state index contributed by atoms with van der Waals surface area (Å²) in [7, 11) is 0.611. The van der Waals surface area contributed by atoms with E-state index in [-0.39, 0.29) is 24.3 Å². The minimum absolute atomic E-state index is 0.110. The highest BCUT2D eigenvalue weighted by Gasteiger charge is 2.45. The van der Waals surface area contributed by atoms with E-state index in [4.69, 9.17) is 9.20 Å². The number of nitrogens with zero attached hydrogens (tertiary/aromatic N) is 2. The number of hydrogen-bond donors (Lipinski definition) is 2. The molecule has 0 bridgehead atoms. The van der Waals surface area contributed by atoms with Crippen molar-refractivity contribution >= 4 is 27.0 Å². The van der Waals surface area contributed by atoms with Gasteiger partial charge < -0.3 is 24.0 Å². The summed E-state index contributed by atoms with van der Waals surface area (Å²) in [6.07, 6.45) is 0.110. The molecule has 2 aliphatic rings. The summed E-state index contributed by atoms with van der Waals surface area (Å²) in [6, 6.07) is 8.48. The van der Waals surface area contributed by atoms with E-state index >= 15 is 0 Å². The molecule has 5 rings (SSSR count). The lowest BCUT2D eigenvalue weighted by atomic mass is 9.86. The summed E-state index contributed by atoms with van der Waals surface area (Å²) >= 11 is 0. The Balaban J connectivity index is 0.000000994. The third kappa shape index (κ3) is 2.65. The van der Waals surface area contributed by atoms with E-state index < -0.39 is 11.6 Å². The SMILES string of the molecule is CCC1(O)C(=O)OCc2c1cc1n(c2=O)Cc2cc3cc(O)ccc3nc2-1.O=[SiH2]. The van der Waals surface area contributed by atoms with Crippen molar-refractivity contribution in [3.63, 3.8) is 0 Å². The minimum atomic E-state index is -1.83. The highest BCUT2D eigenvalue weighted by molar-refractivity contribution is 5.87. The Bertz CT molecular complexity index is 1240. The molecule has 2 aliphatic heterocycles. The summed E-state index contributed by atoms with van der Waals surface area (Å²) in [4.78, 5) is 29.8. The minimum Gasteiger partial charge on any atom is -0.508 e. The molecule has 4 heterocycles. The molecule has 0 fully saturated rings. The van der Waals surface area contributed by atoms with Crippen LogP contribution in [0.5, 0.6) is 5.75 Å². The van der Waals surface area contributed by atoms with Crippen LogP contribution in [0.15, 0.2) is 35.1 Å². The van der Waals surface area contributed by atoms with Gasteiger partial charge in [0, 0.05) is 16.5 Å². The number of pyridine rings is 2. The van der Waals surface area contributed by atoms with Gasteiger partial charge in [-0.1, -0.05) is 6.92 Å². The maximum atomic E-state index is 13.0. The molecule has 0 saturated carbocycles. The number of carbonyl (C=O) groups is 1. The van der Waals surface area contributed by atoms with Crippen molar-refractivity contribution in [1.82, 2.24) is 9.55 Å². The number of hydrogen-bond acceptors (Lipinski definition) is 7. The topological polar surface area (TPSA) is 119 Å². The summed E-state index contributed by atoms with van der Waals surface area (Å²) < 4.78 is 14.9. The summed E-state index contributed by atoms with van der Waals surface area (Å²) in [5.74, 6) is -0.585. The van der Waals surface area contributed by atoms with Gasteiger partial charge in [0.2, 0.25) is 10.1 Å². The van der Waals surface area contributed by atoms with Gasteiger partial charge in [-0.05, 0) is 36.8 Å². The van der Waals surface area contributed by atoms with Crippen molar-refractivity contribution in [2.24, 2.45) is 0 Å². The van der Waals surface area contributed by atoms with Gasteiger partial charge in [-0.2, -0.15) is 0 Å². The summed E-state index contributed by atoms with van der Waals surface area (Å²) in [5, 5.41) is 21.3. The van der Waals surface area contributed by atoms with Crippen molar-refractivity contribution < 1.29 is 24.2 Å². The molecule has 2 N–H and O–H groups in total. The van der Waals surface area contributed by atoms with E-state index in [1.54, 1.807) is 35.8 Å². The molecule has 9 heteroatoms. The molecule has 29 heavy (non-hydrogen) atoms. The number of esters is 1. The lowest BCUT2D eigenvalue weighted by Gasteiger charge is -2.31. The normalized spacial score (nSPS) is 18.9. The van der Waals surface area contributed by atoms with Crippen LogP contribution in [0.2, 0.25) is 0 Å². The molecular formula is C20H18N2O6Si. The van der Waals surface area contributed by atoms with Crippen LogP contribution in [0.1, 0.15) is 30.0 Å². The van der Waals surface area contributed by atoms with E-state index in [9.17, 15) is 19.8 Å². The number of rotatable bonds is 1. The number of ether oxygens (including phenoxy) is 1. The number of phenols is 1. The Morgan fingerprint density at radius 3 is 2.72 bits per heavy atom. The predicted octanol–water partition coefficient (Wildman–Crippen LogP) is 0.750. The first-order valence-electron chi connectivity index (χ1n) is 9.01. The molecule has 3 aromatic rings. The zero-order chi connectivity index (χ0) is 20.9. The standard InChI is InChI=1S/C20H16N2O5.H2OSi/c1-2-20(26)14-7-16-17-11(5-10-6-12(23)3-4-15(10)21-17)8-22(16)18(24)13(14)9-27-19(20)25;1-2/h3-7,23,26H,2,8-9H2,1H3;2H2. The Morgan fingerprint density at radius 1 is 1.24 bits per heavy atom. The van der Waals surface area contributed by atoms with Crippen LogP contribution in [-0.4, -0.2) is 35.9 Å². The van der Waals surface area contributed by atoms with E-state index in [2.05, 4.69) is 4.98 Å². The zero-order valence-corrected chi connectivity index (χ0v) is 17.1. The lowest BCUT2D eigenvalue weighted by Crippen LogP contribution is -2.44. The molecular weight excluding hydrogens is 392 g/mol. The van der Waals surface area contributed by atoms with Crippen LogP contribution in [-0.2, 0) is 32.7 Å². The van der Waals surface area contributed by atoms with Crippen molar-refractivity contribution in [2.45, 2.75) is 32.1 Å². The van der Waals surface area contributed by atoms with E-state index in [0.717, 1.165) is 10.9 Å². The number of carbonyl (C=O) groups excluding carboxylic acids is 1. The van der Waals surface area contributed by atoms with Gasteiger partial charge in [-0.15, -0.1) is 0 Å². The second-order valence-electron chi connectivity index (χ2n) is 6.98.